The summed E-state index contributed by atoms with van der Waals surface area (Å²) >= 11 is 0. The van der Waals surface area contributed by atoms with Gasteiger partial charge in [-0.3, -0.25) is 0 Å². The molecule has 0 radical (unpaired) electrons. The molecule has 0 saturated heterocycles. The molecule has 1 atom stereocenters. The Balaban J connectivity index is 2.13. The first-order valence-corrected chi connectivity index (χ1v) is 6.25. The normalized spacial score (nSPS) is 14.5. The molecule has 0 bridgehead atoms. The van der Waals surface area contributed by atoms with Gasteiger partial charge in [-0.05, 0) is 31.5 Å². The van der Waals surface area contributed by atoms with Gasteiger partial charge in [0, 0.05) is 5.69 Å². The smallest absolute Gasteiger partial charge is 0.178 e. The van der Waals surface area contributed by atoms with E-state index in [9.17, 15) is 0 Å². The summed E-state index contributed by atoms with van der Waals surface area (Å²) in [6.45, 7) is 3.90. The SMILES string of the molecule is Cc1ccc2[nH]c(C(C)(N)c3ccccc3)nc2n1. The third kappa shape index (κ3) is 2.00. The Hall–Kier alpha value is -2.20. The van der Waals surface area contributed by atoms with Gasteiger partial charge in [-0.25, -0.2) is 9.97 Å². The predicted molar refractivity (Wildman–Crippen MR) is 75.7 cm³/mol. The van der Waals surface area contributed by atoms with Gasteiger partial charge in [0.2, 0.25) is 0 Å². The maximum Gasteiger partial charge on any atom is 0.178 e. The first-order valence-electron chi connectivity index (χ1n) is 6.25. The van der Waals surface area contributed by atoms with Crippen LogP contribution in [0.3, 0.4) is 0 Å². The molecule has 4 nitrogen and oxygen atoms in total. The van der Waals surface area contributed by atoms with Crippen molar-refractivity contribution in [3.63, 3.8) is 0 Å². The number of nitrogens with one attached hydrogen (secondary N) is 1. The number of nitrogens with zero attached hydrogens (tertiary/aromatic N) is 2. The fraction of sp³-hybridized carbons (Fsp3) is 0.200. The van der Waals surface area contributed by atoms with E-state index in [2.05, 4.69) is 15.0 Å². The zero-order chi connectivity index (χ0) is 13.5. The molecular weight excluding hydrogens is 236 g/mol. The summed E-state index contributed by atoms with van der Waals surface area (Å²) in [7, 11) is 0. The van der Waals surface area contributed by atoms with E-state index in [0.29, 0.717) is 5.65 Å². The van der Waals surface area contributed by atoms with Crippen molar-refractivity contribution < 1.29 is 0 Å². The largest absolute Gasteiger partial charge is 0.339 e. The third-order valence-corrected chi connectivity index (χ3v) is 3.35. The second-order valence-corrected chi connectivity index (χ2v) is 4.98. The van der Waals surface area contributed by atoms with Gasteiger partial charge in [0.25, 0.3) is 0 Å². The van der Waals surface area contributed by atoms with E-state index >= 15 is 0 Å². The minimum absolute atomic E-state index is 0.657. The Labute approximate surface area is 111 Å². The average molecular weight is 252 g/mol. The lowest BCUT2D eigenvalue weighted by Crippen LogP contribution is -2.35. The minimum atomic E-state index is -0.657. The predicted octanol–water partition coefficient (Wildman–Crippen LogP) is 2.49. The Morgan fingerprint density at radius 3 is 2.53 bits per heavy atom. The number of fused-ring (bicyclic) bond motifs is 1. The summed E-state index contributed by atoms with van der Waals surface area (Å²) in [4.78, 5) is 12.2. The van der Waals surface area contributed by atoms with Gasteiger partial charge < -0.3 is 10.7 Å². The van der Waals surface area contributed by atoms with Crippen LogP contribution in [0, 0.1) is 6.92 Å². The summed E-state index contributed by atoms with van der Waals surface area (Å²) in [6.07, 6.45) is 0. The second kappa shape index (κ2) is 4.17. The number of pyridine rings is 1. The number of aromatic nitrogens is 3. The number of imidazole rings is 1. The van der Waals surface area contributed by atoms with Crippen molar-refractivity contribution in [1.29, 1.82) is 0 Å². The number of aryl methyl sites for hydroxylation is 1. The monoisotopic (exact) mass is 252 g/mol. The molecule has 0 amide bonds. The number of hydrogen-bond donors (Lipinski definition) is 2. The number of rotatable bonds is 2. The Morgan fingerprint density at radius 1 is 1.05 bits per heavy atom. The van der Waals surface area contributed by atoms with Crippen molar-refractivity contribution >= 4 is 11.2 Å². The van der Waals surface area contributed by atoms with Crippen LogP contribution in [-0.2, 0) is 5.54 Å². The number of H-pyrrole nitrogens is 1. The number of aromatic amines is 1. The molecule has 19 heavy (non-hydrogen) atoms. The molecule has 1 aromatic carbocycles. The molecule has 3 N–H and O–H groups in total. The van der Waals surface area contributed by atoms with Gasteiger partial charge in [-0.1, -0.05) is 30.3 Å². The van der Waals surface area contributed by atoms with E-state index in [0.717, 1.165) is 22.6 Å². The van der Waals surface area contributed by atoms with Crippen molar-refractivity contribution in [2.75, 3.05) is 0 Å². The Kier molecular flexibility index (Phi) is 2.61. The van der Waals surface area contributed by atoms with E-state index in [-0.39, 0.29) is 0 Å². The fourth-order valence-electron chi connectivity index (χ4n) is 2.15. The molecule has 0 fully saturated rings. The summed E-state index contributed by atoms with van der Waals surface area (Å²) < 4.78 is 0. The van der Waals surface area contributed by atoms with Gasteiger partial charge in [0.1, 0.15) is 5.82 Å². The van der Waals surface area contributed by atoms with Crippen LogP contribution >= 0.6 is 0 Å². The Morgan fingerprint density at radius 2 is 1.79 bits per heavy atom. The molecule has 3 aromatic rings. The summed E-state index contributed by atoms with van der Waals surface area (Å²) in [5.41, 5.74) is 9.37. The fourth-order valence-corrected chi connectivity index (χ4v) is 2.15. The average Bonchev–Trinajstić information content (AvgIpc) is 2.83. The first kappa shape index (κ1) is 11.9. The number of hydrogen-bond acceptors (Lipinski definition) is 3. The van der Waals surface area contributed by atoms with Crippen LogP contribution in [0.15, 0.2) is 42.5 Å². The molecule has 0 aliphatic rings. The molecular formula is C15H16N4. The molecule has 96 valence electrons. The lowest BCUT2D eigenvalue weighted by molar-refractivity contribution is 0.567. The van der Waals surface area contributed by atoms with Crippen molar-refractivity contribution in [2.45, 2.75) is 19.4 Å². The molecule has 0 aliphatic carbocycles. The quantitative estimate of drug-likeness (QED) is 0.736. The van der Waals surface area contributed by atoms with Crippen molar-refractivity contribution in [1.82, 2.24) is 15.0 Å². The van der Waals surface area contributed by atoms with E-state index in [1.165, 1.54) is 0 Å². The van der Waals surface area contributed by atoms with Gasteiger partial charge >= 0.3 is 0 Å². The zero-order valence-electron chi connectivity index (χ0n) is 11.0. The molecule has 1 unspecified atom stereocenters. The molecule has 2 heterocycles. The third-order valence-electron chi connectivity index (χ3n) is 3.35. The van der Waals surface area contributed by atoms with Crippen molar-refractivity contribution in [2.24, 2.45) is 5.73 Å². The van der Waals surface area contributed by atoms with Crippen LogP contribution in [-0.4, -0.2) is 15.0 Å². The van der Waals surface area contributed by atoms with Gasteiger partial charge in [0.05, 0.1) is 11.1 Å². The Bertz CT molecular complexity index is 713. The van der Waals surface area contributed by atoms with Gasteiger partial charge in [-0.2, -0.15) is 0 Å². The number of benzene rings is 1. The van der Waals surface area contributed by atoms with E-state index in [1.807, 2.05) is 56.3 Å². The zero-order valence-corrected chi connectivity index (χ0v) is 11.0. The summed E-state index contributed by atoms with van der Waals surface area (Å²) in [5.74, 6) is 0.729. The van der Waals surface area contributed by atoms with Crippen LogP contribution in [0.25, 0.3) is 11.2 Å². The van der Waals surface area contributed by atoms with Crippen LogP contribution in [0.2, 0.25) is 0 Å². The standard InChI is InChI=1S/C15H16N4/c1-10-8-9-12-13(17-10)19-14(18-12)15(2,16)11-6-4-3-5-7-11/h3-9H,16H2,1-2H3,(H,17,18,19). The van der Waals surface area contributed by atoms with Gasteiger partial charge in [-0.15, -0.1) is 0 Å². The highest BCUT2D eigenvalue weighted by Gasteiger charge is 2.27. The molecule has 4 heteroatoms. The summed E-state index contributed by atoms with van der Waals surface area (Å²) in [5, 5.41) is 0. The number of nitrogens with two attached hydrogens (primary N) is 1. The minimum Gasteiger partial charge on any atom is -0.339 e. The highest BCUT2D eigenvalue weighted by molar-refractivity contribution is 5.71. The highest BCUT2D eigenvalue weighted by Crippen LogP contribution is 2.25. The van der Waals surface area contributed by atoms with Crippen LogP contribution < -0.4 is 5.73 Å². The van der Waals surface area contributed by atoms with Crippen LogP contribution in [0.5, 0.6) is 0 Å². The molecule has 0 aliphatic heterocycles. The highest BCUT2D eigenvalue weighted by atomic mass is 15.0. The van der Waals surface area contributed by atoms with Crippen molar-refractivity contribution in [3.8, 4) is 0 Å². The van der Waals surface area contributed by atoms with E-state index < -0.39 is 5.54 Å². The van der Waals surface area contributed by atoms with Crippen LogP contribution in [0.4, 0.5) is 0 Å². The van der Waals surface area contributed by atoms with Gasteiger partial charge in [0.15, 0.2) is 5.65 Å². The lowest BCUT2D eigenvalue weighted by atomic mass is 9.92. The first-order chi connectivity index (χ1) is 9.07. The molecule has 2 aromatic heterocycles. The lowest BCUT2D eigenvalue weighted by Gasteiger charge is -2.22. The molecule has 0 saturated carbocycles. The topological polar surface area (TPSA) is 67.6 Å². The van der Waals surface area contributed by atoms with E-state index in [1.54, 1.807) is 0 Å². The maximum atomic E-state index is 6.44. The maximum absolute atomic E-state index is 6.44. The molecule has 3 rings (SSSR count). The van der Waals surface area contributed by atoms with Crippen molar-refractivity contribution in [3.05, 3.63) is 59.5 Å². The van der Waals surface area contributed by atoms with E-state index in [4.69, 9.17) is 5.73 Å². The summed E-state index contributed by atoms with van der Waals surface area (Å²) in [6, 6.07) is 13.9. The molecule has 0 spiro atoms. The second-order valence-electron chi connectivity index (χ2n) is 4.98. The van der Waals surface area contributed by atoms with Crippen LogP contribution in [0.1, 0.15) is 24.0 Å².